The van der Waals surface area contributed by atoms with Gasteiger partial charge in [-0.1, -0.05) is 72.8 Å². The molecule has 6 aromatic carbocycles. The molecule has 4 aromatic heterocycles. The van der Waals surface area contributed by atoms with Crippen molar-refractivity contribution >= 4 is 44.0 Å². The average Bonchev–Trinajstić information content (AvgIpc) is 3.89. The highest BCUT2D eigenvalue weighted by Crippen LogP contribution is 2.38. The molecule has 0 fully saturated rings. The first-order chi connectivity index (χ1) is 24.2. The third-order valence-electron chi connectivity index (χ3n) is 9.13. The van der Waals surface area contributed by atoms with E-state index in [9.17, 15) is 0 Å². The number of aromatic nitrogens is 4. The van der Waals surface area contributed by atoms with Crippen LogP contribution < -0.4 is 0 Å². The fourth-order valence-corrected chi connectivity index (χ4v) is 6.73. The van der Waals surface area contributed by atoms with Crippen LogP contribution in [-0.4, -0.2) is 19.5 Å². The maximum absolute atomic E-state index is 6.17. The number of hydrogen-bond acceptors (Lipinski definition) is 5. The summed E-state index contributed by atoms with van der Waals surface area (Å²) in [6.45, 7) is 0. The van der Waals surface area contributed by atoms with Crippen molar-refractivity contribution < 1.29 is 8.83 Å². The molecule has 4 heterocycles. The molecule has 6 heteroatoms. The van der Waals surface area contributed by atoms with Gasteiger partial charge in [0.1, 0.15) is 16.9 Å². The normalized spacial score (nSPS) is 11.7. The standard InChI is InChI=1S/C43H26N4O2/c1-2-9-27(10-3-1)28-11-8-12-29(23-28)32-19-22-41(44-26-32)47-37-20-17-30(42-45-35-13-4-6-15-39(35)48-42)24-33(37)34-25-31(18-21-38(34)47)43-46-36-14-5-7-16-40(36)49-43/h1-26H. The van der Waals surface area contributed by atoms with Crippen LogP contribution in [0.15, 0.2) is 167 Å². The molecule has 0 bridgehead atoms. The summed E-state index contributed by atoms with van der Waals surface area (Å²) >= 11 is 0. The van der Waals surface area contributed by atoms with Gasteiger partial charge in [0.15, 0.2) is 11.2 Å². The molecule has 0 saturated carbocycles. The maximum Gasteiger partial charge on any atom is 0.227 e. The number of benzene rings is 6. The van der Waals surface area contributed by atoms with E-state index < -0.39 is 0 Å². The molecule has 10 aromatic rings. The second-order valence-electron chi connectivity index (χ2n) is 12.1. The molecule has 0 aliphatic rings. The van der Waals surface area contributed by atoms with Gasteiger partial charge in [0.25, 0.3) is 0 Å². The van der Waals surface area contributed by atoms with Crippen LogP contribution in [0.4, 0.5) is 0 Å². The molecule has 230 valence electrons. The monoisotopic (exact) mass is 630 g/mol. The third kappa shape index (κ3) is 4.61. The minimum atomic E-state index is 0.583. The zero-order chi connectivity index (χ0) is 32.3. The summed E-state index contributed by atoms with van der Waals surface area (Å²) in [7, 11) is 0. The van der Waals surface area contributed by atoms with E-state index in [4.69, 9.17) is 23.8 Å². The number of hydrogen-bond donors (Lipinski definition) is 0. The largest absolute Gasteiger partial charge is 0.436 e. The van der Waals surface area contributed by atoms with Crippen LogP contribution in [-0.2, 0) is 0 Å². The topological polar surface area (TPSA) is 69.9 Å². The van der Waals surface area contributed by atoms with Gasteiger partial charge < -0.3 is 8.83 Å². The molecular formula is C43H26N4O2. The summed E-state index contributed by atoms with van der Waals surface area (Å²) in [5.74, 6) is 1.99. The van der Waals surface area contributed by atoms with Crippen LogP contribution in [0.25, 0.3) is 95.0 Å². The number of fused-ring (bicyclic) bond motifs is 5. The van der Waals surface area contributed by atoms with Crippen LogP contribution in [0.3, 0.4) is 0 Å². The van der Waals surface area contributed by atoms with E-state index in [1.807, 2.05) is 60.8 Å². The van der Waals surface area contributed by atoms with Gasteiger partial charge in [-0.3, -0.25) is 4.57 Å². The van der Waals surface area contributed by atoms with Crippen LogP contribution in [0.1, 0.15) is 0 Å². The lowest BCUT2D eigenvalue weighted by Gasteiger charge is -2.10. The molecule has 49 heavy (non-hydrogen) atoms. The molecule has 0 spiro atoms. The van der Waals surface area contributed by atoms with E-state index in [2.05, 4.69) is 102 Å². The summed E-state index contributed by atoms with van der Waals surface area (Å²) in [5, 5.41) is 2.10. The van der Waals surface area contributed by atoms with Crippen molar-refractivity contribution in [3.05, 3.63) is 158 Å². The molecule has 6 nitrogen and oxygen atoms in total. The van der Waals surface area contributed by atoms with Crippen LogP contribution in [0.2, 0.25) is 0 Å². The number of nitrogens with zero attached hydrogens (tertiary/aromatic N) is 4. The van der Waals surface area contributed by atoms with E-state index in [0.29, 0.717) is 11.8 Å². The summed E-state index contributed by atoms with van der Waals surface area (Å²) in [6, 6.07) is 51.6. The first-order valence-electron chi connectivity index (χ1n) is 16.2. The van der Waals surface area contributed by atoms with Crippen molar-refractivity contribution in [1.29, 1.82) is 0 Å². The second-order valence-corrected chi connectivity index (χ2v) is 12.1. The van der Waals surface area contributed by atoms with Gasteiger partial charge in [0.2, 0.25) is 11.8 Å². The second kappa shape index (κ2) is 10.9. The molecule has 0 atom stereocenters. The van der Waals surface area contributed by atoms with Gasteiger partial charge in [-0.15, -0.1) is 0 Å². The first kappa shape index (κ1) is 27.3. The van der Waals surface area contributed by atoms with Crippen molar-refractivity contribution in [3.8, 4) is 51.0 Å². The fraction of sp³-hybridized carbons (Fsp3) is 0. The Morgan fingerprint density at radius 1 is 0.408 bits per heavy atom. The van der Waals surface area contributed by atoms with Crippen molar-refractivity contribution in [2.24, 2.45) is 0 Å². The van der Waals surface area contributed by atoms with Crippen LogP contribution in [0.5, 0.6) is 0 Å². The quantitative estimate of drug-likeness (QED) is 0.189. The maximum atomic E-state index is 6.17. The van der Waals surface area contributed by atoms with Gasteiger partial charge in [0.05, 0.1) is 11.0 Å². The highest BCUT2D eigenvalue weighted by molar-refractivity contribution is 6.11. The van der Waals surface area contributed by atoms with E-state index in [1.165, 1.54) is 11.1 Å². The SMILES string of the molecule is c1ccc(-c2cccc(-c3ccc(-n4c5ccc(-c6nc7ccccc7o6)cc5c5cc(-c6nc7ccccc7o6)ccc54)nc3)c2)cc1. The minimum absolute atomic E-state index is 0.583. The number of oxazole rings is 2. The molecule has 0 aliphatic carbocycles. The molecule has 0 aliphatic heterocycles. The zero-order valence-corrected chi connectivity index (χ0v) is 26.1. The van der Waals surface area contributed by atoms with Crippen molar-refractivity contribution in [1.82, 2.24) is 19.5 Å². The highest BCUT2D eigenvalue weighted by atomic mass is 16.4. The average molecular weight is 631 g/mol. The number of rotatable bonds is 5. The van der Waals surface area contributed by atoms with Crippen LogP contribution in [0, 0.1) is 0 Å². The van der Waals surface area contributed by atoms with E-state index in [-0.39, 0.29) is 0 Å². The first-order valence-corrected chi connectivity index (χ1v) is 16.2. The predicted octanol–water partition coefficient (Wildman–Crippen LogP) is 11.1. The molecule has 0 saturated heterocycles. The minimum Gasteiger partial charge on any atom is -0.436 e. The lowest BCUT2D eigenvalue weighted by atomic mass is 10.00. The van der Waals surface area contributed by atoms with Gasteiger partial charge in [-0.2, -0.15) is 0 Å². The Kier molecular flexibility index (Phi) is 6.08. The Hall–Kier alpha value is -6.79. The Morgan fingerprint density at radius 2 is 0.939 bits per heavy atom. The Morgan fingerprint density at radius 3 is 1.51 bits per heavy atom. The molecular weight excluding hydrogens is 604 g/mol. The third-order valence-corrected chi connectivity index (χ3v) is 9.13. The summed E-state index contributed by atoms with van der Waals surface area (Å²) in [6.07, 6.45) is 1.95. The van der Waals surface area contributed by atoms with Gasteiger partial charge in [-0.25, -0.2) is 15.0 Å². The molecule has 0 N–H and O–H groups in total. The predicted molar refractivity (Wildman–Crippen MR) is 195 cm³/mol. The zero-order valence-electron chi connectivity index (χ0n) is 26.1. The number of pyridine rings is 1. The van der Waals surface area contributed by atoms with Crippen molar-refractivity contribution in [3.63, 3.8) is 0 Å². The summed E-state index contributed by atoms with van der Waals surface area (Å²) in [4.78, 5) is 14.6. The van der Waals surface area contributed by atoms with Gasteiger partial charge >= 0.3 is 0 Å². The van der Waals surface area contributed by atoms with E-state index in [0.717, 1.165) is 72.1 Å². The highest BCUT2D eigenvalue weighted by Gasteiger charge is 2.18. The molecule has 0 amide bonds. The molecule has 0 radical (unpaired) electrons. The van der Waals surface area contributed by atoms with Crippen molar-refractivity contribution in [2.45, 2.75) is 0 Å². The van der Waals surface area contributed by atoms with Gasteiger partial charge in [0, 0.05) is 33.7 Å². The Labute approximate surface area is 280 Å². The van der Waals surface area contributed by atoms with Crippen LogP contribution >= 0.6 is 0 Å². The van der Waals surface area contributed by atoms with E-state index >= 15 is 0 Å². The fourth-order valence-electron chi connectivity index (χ4n) is 6.73. The Balaban J connectivity index is 1.12. The van der Waals surface area contributed by atoms with E-state index in [1.54, 1.807) is 0 Å². The molecule has 10 rings (SSSR count). The van der Waals surface area contributed by atoms with Gasteiger partial charge in [-0.05, 0) is 95.6 Å². The lowest BCUT2D eigenvalue weighted by molar-refractivity contribution is 0.619. The number of para-hydroxylation sites is 4. The Bertz CT molecular complexity index is 2630. The molecule has 0 unspecified atom stereocenters. The summed E-state index contributed by atoms with van der Waals surface area (Å²) < 4.78 is 14.5. The lowest BCUT2D eigenvalue weighted by Crippen LogP contribution is -1.97. The summed E-state index contributed by atoms with van der Waals surface area (Å²) in [5.41, 5.74) is 11.6. The van der Waals surface area contributed by atoms with Crippen molar-refractivity contribution in [2.75, 3.05) is 0 Å². The smallest absolute Gasteiger partial charge is 0.227 e.